The van der Waals surface area contributed by atoms with E-state index in [2.05, 4.69) is 10.3 Å². The number of rotatable bonds is 3. The van der Waals surface area contributed by atoms with Crippen molar-refractivity contribution in [3.8, 4) is 0 Å². The molecule has 3 N–H and O–H groups in total. The third-order valence-electron chi connectivity index (χ3n) is 5.62. The number of hydrogen-bond donors (Lipinski definition) is 2. The maximum Gasteiger partial charge on any atom is 0.259 e. The number of imide groups is 1. The molecule has 0 aliphatic carbocycles. The van der Waals surface area contributed by atoms with Crippen LogP contribution in [-0.2, 0) is 9.59 Å². The predicted octanol–water partition coefficient (Wildman–Crippen LogP) is 2.05. The van der Waals surface area contributed by atoms with Gasteiger partial charge in [0.25, 0.3) is 5.91 Å². The highest BCUT2D eigenvalue weighted by atomic mass is 16.2. The van der Waals surface area contributed by atoms with Crippen LogP contribution in [0.15, 0.2) is 54.7 Å². The largest absolute Gasteiger partial charge is 0.319 e. The van der Waals surface area contributed by atoms with Crippen molar-refractivity contribution in [2.24, 2.45) is 5.73 Å². The summed E-state index contributed by atoms with van der Waals surface area (Å²) in [6.45, 7) is 0. The molecule has 1 saturated heterocycles. The van der Waals surface area contributed by atoms with E-state index in [9.17, 15) is 14.4 Å². The summed E-state index contributed by atoms with van der Waals surface area (Å²) in [4.78, 5) is 43.0. The minimum absolute atomic E-state index is 0.211. The highest BCUT2D eigenvalue weighted by molar-refractivity contribution is 6.27. The van der Waals surface area contributed by atoms with Crippen LogP contribution in [0.1, 0.15) is 40.5 Å². The molecule has 2 unspecified atom stereocenters. The summed E-state index contributed by atoms with van der Waals surface area (Å²) in [5.41, 5.74) is 9.30. The molecule has 3 amide bonds. The quantitative estimate of drug-likeness (QED) is 0.670. The lowest BCUT2D eigenvalue weighted by Crippen LogP contribution is -2.53. The SMILES string of the molecule is NC(c1ccccn1)c1ccc2c3c(cccc13)C(=O)N2C1CCC(=O)NC1=O. The number of hydrogen-bond acceptors (Lipinski definition) is 5. The standard InChI is InChI=1S/C22H18N4O3/c23-20(15-6-1-2-11-24-15)13-7-8-16-19-12(13)4-3-5-14(19)22(29)26(16)17-9-10-18(27)25-21(17)28/h1-8,11,17,20H,9-10,23H2,(H,25,27,28). The summed E-state index contributed by atoms with van der Waals surface area (Å²) >= 11 is 0. The Labute approximate surface area is 166 Å². The van der Waals surface area contributed by atoms with Gasteiger partial charge in [-0.25, -0.2) is 0 Å². The number of benzene rings is 2. The first-order chi connectivity index (χ1) is 14.1. The molecule has 1 aromatic heterocycles. The fourth-order valence-corrected chi connectivity index (χ4v) is 4.26. The Hall–Kier alpha value is -3.58. The van der Waals surface area contributed by atoms with Crippen LogP contribution >= 0.6 is 0 Å². The number of pyridine rings is 1. The molecule has 3 aromatic rings. The van der Waals surface area contributed by atoms with Gasteiger partial charge in [0.1, 0.15) is 6.04 Å². The van der Waals surface area contributed by atoms with E-state index >= 15 is 0 Å². The molecule has 0 spiro atoms. The Morgan fingerprint density at radius 2 is 1.93 bits per heavy atom. The molecule has 2 aromatic carbocycles. The van der Waals surface area contributed by atoms with Crippen LogP contribution in [-0.4, -0.2) is 28.7 Å². The fourth-order valence-electron chi connectivity index (χ4n) is 4.26. The zero-order valence-corrected chi connectivity index (χ0v) is 15.5. The molecule has 0 bridgehead atoms. The van der Waals surface area contributed by atoms with E-state index in [0.717, 1.165) is 22.0 Å². The van der Waals surface area contributed by atoms with Crippen molar-refractivity contribution in [2.75, 3.05) is 4.90 Å². The van der Waals surface area contributed by atoms with Crippen LogP contribution in [0, 0.1) is 0 Å². The molecular weight excluding hydrogens is 368 g/mol. The summed E-state index contributed by atoms with van der Waals surface area (Å²) in [5.74, 6) is -0.981. The Morgan fingerprint density at radius 3 is 2.69 bits per heavy atom. The van der Waals surface area contributed by atoms with E-state index in [4.69, 9.17) is 5.73 Å². The first-order valence-corrected chi connectivity index (χ1v) is 9.45. The highest BCUT2D eigenvalue weighted by Crippen LogP contribution is 2.42. The maximum atomic E-state index is 13.2. The minimum atomic E-state index is -0.703. The molecule has 5 rings (SSSR count). The molecule has 0 radical (unpaired) electrons. The van der Waals surface area contributed by atoms with Gasteiger partial charge in [0.2, 0.25) is 11.8 Å². The van der Waals surface area contributed by atoms with Crippen LogP contribution in [0.25, 0.3) is 10.8 Å². The lowest BCUT2D eigenvalue weighted by Gasteiger charge is -2.30. The van der Waals surface area contributed by atoms with E-state index in [1.54, 1.807) is 12.3 Å². The first kappa shape index (κ1) is 17.5. The van der Waals surface area contributed by atoms with Crippen molar-refractivity contribution in [2.45, 2.75) is 24.9 Å². The number of nitrogens with zero attached hydrogens (tertiary/aromatic N) is 2. The number of amides is 3. The van der Waals surface area contributed by atoms with E-state index in [1.165, 1.54) is 4.90 Å². The number of carbonyl (C=O) groups is 3. The van der Waals surface area contributed by atoms with Crippen LogP contribution in [0.4, 0.5) is 5.69 Å². The van der Waals surface area contributed by atoms with Gasteiger partial charge in [-0.05, 0) is 41.6 Å². The molecule has 0 saturated carbocycles. The van der Waals surface area contributed by atoms with Crippen LogP contribution in [0.2, 0.25) is 0 Å². The zero-order valence-electron chi connectivity index (χ0n) is 15.5. The third-order valence-corrected chi connectivity index (χ3v) is 5.62. The van der Waals surface area contributed by atoms with Crippen molar-refractivity contribution in [3.05, 3.63) is 71.5 Å². The Balaban J connectivity index is 1.64. The minimum Gasteiger partial charge on any atom is -0.319 e. The van der Waals surface area contributed by atoms with Crippen molar-refractivity contribution in [1.82, 2.24) is 10.3 Å². The average molecular weight is 386 g/mol. The molecular formula is C22H18N4O3. The number of carbonyl (C=O) groups excluding carboxylic acids is 3. The summed E-state index contributed by atoms with van der Waals surface area (Å²) in [6, 6.07) is 13.7. The Kier molecular flexibility index (Phi) is 3.92. The lowest BCUT2D eigenvalue weighted by atomic mass is 9.94. The Morgan fingerprint density at radius 1 is 1.07 bits per heavy atom. The van der Waals surface area contributed by atoms with Gasteiger partial charge < -0.3 is 5.73 Å². The summed E-state index contributed by atoms with van der Waals surface area (Å²) in [7, 11) is 0. The number of anilines is 1. The van der Waals surface area contributed by atoms with Gasteiger partial charge >= 0.3 is 0 Å². The van der Waals surface area contributed by atoms with Crippen LogP contribution in [0.3, 0.4) is 0 Å². The van der Waals surface area contributed by atoms with Crippen molar-refractivity contribution in [3.63, 3.8) is 0 Å². The van der Waals surface area contributed by atoms with E-state index in [1.807, 2.05) is 42.5 Å². The maximum absolute atomic E-state index is 13.2. The molecule has 29 heavy (non-hydrogen) atoms. The van der Waals surface area contributed by atoms with Gasteiger partial charge in [0.05, 0.1) is 17.4 Å². The summed E-state index contributed by atoms with van der Waals surface area (Å²) in [6.07, 6.45) is 2.22. The van der Waals surface area contributed by atoms with Crippen molar-refractivity contribution >= 4 is 34.2 Å². The van der Waals surface area contributed by atoms with Gasteiger partial charge in [-0.2, -0.15) is 0 Å². The smallest absolute Gasteiger partial charge is 0.259 e. The number of piperidine rings is 1. The number of nitrogens with two attached hydrogens (primary N) is 1. The van der Waals surface area contributed by atoms with E-state index in [-0.39, 0.29) is 18.2 Å². The van der Waals surface area contributed by atoms with E-state index in [0.29, 0.717) is 17.7 Å². The third kappa shape index (κ3) is 2.62. The zero-order chi connectivity index (χ0) is 20.1. The molecule has 2 aliphatic rings. The van der Waals surface area contributed by atoms with Gasteiger partial charge in [0.15, 0.2) is 0 Å². The number of aromatic nitrogens is 1. The summed E-state index contributed by atoms with van der Waals surface area (Å²) in [5, 5.41) is 3.98. The monoisotopic (exact) mass is 386 g/mol. The number of nitrogens with one attached hydrogen (secondary N) is 1. The molecule has 3 heterocycles. The summed E-state index contributed by atoms with van der Waals surface area (Å²) < 4.78 is 0. The van der Waals surface area contributed by atoms with Gasteiger partial charge in [0, 0.05) is 23.6 Å². The topological polar surface area (TPSA) is 105 Å². The second kappa shape index (κ2) is 6.49. The molecule has 144 valence electrons. The Bertz CT molecular complexity index is 1180. The average Bonchev–Trinajstić information content (AvgIpc) is 3.02. The van der Waals surface area contributed by atoms with Gasteiger partial charge in [-0.3, -0.25) is 29.6 Å². The van der Waals surface area contributed by atoms with Crippen molar-refractivity contribution in [1.29, 1.82) is 0 Å². The fraction of sp³-hybridized carbons (Fsp3) is 0.182. The van der Waals surface area contributed by atoms with Gasteiger partial charge in [-0.1, -0.05) is 24.3 Å². The second-order valence-electron chi connectivity index (χ2n) is 7.28. The van der Waals surface area contributed by atoms with Gasteiger partial charge in [-0.15, -0.1) is 0 Å². The van der Waals surface area contributed by atoms with E-state index < -0.39 is 18.0 Å². The predicted molar refractivity (Wildman–Crippen MR) is 107 cm³/mol. The second-order valence-corrected chi connectivity index (χ2v) is 7.28. The molecule has 2 aliphatic heterocycles. The molecule has 7 nitrogen and oxygen atoms in total. The highest BCUT2D eigenvalue weighted by Gasteiger charge is 2.41. The molecule has 1 fully saturated rings. The molecule has 2 atom stereocenters. The first-order valence-electron chi connectivity index (χ1n) is 9.45. The molecule has 7 heteroatoms. The normalized spacial score (nSPS) is 19.6. The van der Waals surface area contributed by atoms with Crippen LogP contribution < -0.4 is 16.0 Å². The van der Waals surface area contributed by atoms with Crippen molar-refractivity contribution < 1.29 is 14.4 Å². The lowest BCUT2D eigenvalue weighted by molar-refractivity contribution is -0.134. The van der Waals surface area contributed by atoms with Crippen LogP contribution in [0.5, 0.6) is 0 Å².